The van der Waals surface area contributed by atoms with Gasteiger partial charge in [0.25, 0.3) is 0 Å². The molecule has 6 nitrogen and oxygen atoms in total. The van der Waals surface area contributed by atoms with Crippen LogP contribution in [0.4, 0.5) is 10.5 Å². The van der Waals surface area contributed by atoms with Gasteiger partial charge in [0.2, 0.25) is 0 Å². The number of hydrogen-bond acceptors (Lipinski definition) is 3. The minimum Gasteiger partial charge on any atom is -0.480 e. The number of anilines is 1. The zero-order chi connectivity index (χ0) is 15.5. The highest BCUT2D eigenvalue weighted by Crippen LogP contribution is 2.22. The van der Waals surface area contributed by atoms with Gasteiger partial charge < -0.3 is 15.2 Å². The van der Waals surface area contributed by atoms with E-state index in [0.29, 0.717) is 18.9 Å². The standard InChI is InChI=1S/C15H20N2O4/c1-11-3-5-12(6-4-11)17(2)14(20)16-15(13(18)19)7-9-21-10-8-15/h3-6H,7-10H2,1-2H3,(H,16,20)(H,18,19). The molecule has 0 saturated carbocycles. The highest BCUT2D eigenvalue weighted by molar-refractivity contribution is 5.95. The summed E-state index contributed by atoms with van der Waals surface area (Å²) in [7, 11) is 1.62. The number of benzene rings is 1. The van der Waals surface area contributed by atoms with Crippen molar-refractivity contribution in [3.63, 3.8) is 0 Å². The third kappa shape index (κ3) is 3.33. The van der Waals surface area contributed by atoms with Crippen LogP contribution in [-0.2, 0) is 9.53 Å². The smallest absolute Gasteiger partial charge is 0.329 e. The van der Waals surface area contributed by atoms with E-state index in [0.717, 1.165) is 5.56 Å². The van der Waals surface area contributed by atoms with Crippen molar-refractivity contribution in [3.8, 4) is 0 Å². The fourth-order valence-electron chi connectivity index (χ4n) is 2.29. The summed E-state index contributed by atoms with van der Waals surface area (Å²) in [5, 5.41) is 12.1. The molecule has 1 aromatic rings. The van der Waals surface area contributed by atoms with E-state index in [1.54, 1.807) is 7.05 Å². The van der Waals surface area contributed by atoms with Crippen LogP contribution in [0, 0.1) is 6.92 Å². The second-order valence-corrected chi connectivity index (χ2v) is 5.32. The number of urea groups is 1. The van der Waals surface area contributed by atoms with Gasteiger partial charge in [0, 0.05) is 38.8 Å². The van der Waals surface area contributed by atoms with Gasteiger partial charge in [0.05, 0.1) is 0 Å². The third-order valence-corrected chi connectivity index (χ3v) is 3.83. The first-order valence-electron chi connectivity index (χ1n) is 6.88. The van der Waals surface area contributed by atoms with E-state index in [-0.39, 0.29) is 12.8 Å². The molecule has 114 valence electrons. The van der Waals surface area contributed by atoms with Crippen molar-refractivity contribution in [1.82, 2.24) is 5.32 Å². The summed E-state index contributed by atoms with van der Waals surface area (Å²) in [6.45, 7) is 2.63. The lowest BCUT2D eigenvalue weighted by atomic mass is 9.90. The van der Waals surface area contributed by atoms with Crippen molar-refractivity contribution in [3.05, 3.63) is 29.8 Å². The van der Waals surface area contributed by atoms with Gasteiger partial charge >= 0.3 is 12.0 Å². The van der Waals surface area contributed by atoms with Crippen LogP contribution in [0.1, 0.15) is 18.4 Å². The molecular formula is C15H20N2O4. The van der Waals surface area contributed by atoms with Crippen molar-refractivity contribution in [1.29, 1.82) is 0 Å². The first-order valence-corrected chi connectivity index (χ1v) is 6.88. The Kier molecular flexibility index (Phi) is 4.47. The molecule has 6 heteroatoms. The number of nitrogens with zero attached hydrogens (tertiary/aromatic N) is 1. The molecule has 0 atom stereocenters. The van der Waals surface area contributed by atoms with Crippen LogP contribution >= 0.6 is 0 Å². The molecule has 21 heavy (non-hydrogen) atoms. The van der Waals surface area contributed by atoms with Crippen molar-refractivity contribution < 1.29 is 19.4 Å². The molecule has 0 radical (unpaired) electrons. The van der Waals surface area contributed by atoms with Crippen LogP contribution in [0.25, 0.3) is 0 Å². The second-order valence-electron chi connectivity index (χ2n) is 5.32. The molecule has 1 heterocycles. The highest BCUT2D eigenvalue weighted by atomic mass is 16.5. The number of ether oxygens (including phenoxy) is 1. The zero-order valence-electron chi connectivity index (χ0n) is 12.3. The molecule has 0 bridgehead atoms. The molecule has 2 N–H and O–H groups in total. The fraction of sp³-hybridized carbons (Fsp3) is 0.467. The lowest BCUT2D eigenvalue weighted by molar-refractivity contribution is -0.148. The quantitative estimate of drug-likeness (QED) is 0.890. The van der Waals surface area contributed by atoms with Crippen molar-refractivity contribution in [2.45, 2.75) is 25.3 Å². The summed E-state index contributed by atoms with van der Waals surface area (Å²) in [6.07, 6.45) is 0.547. The predicted molar refractivity (Wildman–Crippen MR) is 78.5 cm³/mol. The maximum absolute atomic E-state index is 12.3. The molecule has 2 amide bonds. The van der Waals surface area contributed by atoms with E-state index < -0.39 is 17.5 Å². The molecule has 1 saturated heterocycles. The van der Waals surface area contributed by atoms with Gasteiger partial charge in [-0.25, -0.2) is 9.59 Å². The first kappa shape index (κ1) is 15.3. The Balaban J connectivity index is 2.11. The van der Waals surface area contributed by atoms with Gasteiger partial charge in [-0.05, 0) is 19.1 Å². The second kappa shape index (κ2) is 6.13. The van der Waals surface area contributed by atoms with E-state index >= 15 is 0 Å². The van der Waals surface area contributed by atoms with Gasteiger partial charge in [0.1, 0.15) is 5.54 Å². The van der Waals surface area contributed by atoms with Crippen LogP contribution in [-0.4, -0.2) is 42.9 Å². The zero-order valence-corrected chi connectivity index (χ0v) is 12.3. The Morgan fingerprint density at radius 2 is 1.81 bits per heavy atom. The SMILES string of the molecule is Cc1ccc(N(C)C(=O)NC2(C(=O)O)CCOCC2)cc1. The Bertz CT molecular complexity index is 521. The molecule has 2 rings (SSSR count). The third-order valence-electron chi connectivity index (χ3n) is 3.83. The Hall–Kier alpha value is -2.08. The molecule has 1 aliphatic heterocycles. The van der Waals surface area contributed by atoms with Crippen LogP contribution in [0.3, 0.4) is 0 Å². The van der Waals surface area contributed by atoms with E-state index in [1.165, 1.54) is 4.90 Å². The minimum atomic E-state index is -1.24. The Morgan fingerprint density at radius 3 is 2.33 bits per heavy atom. The lowest BCUT2D eigenvalue weighted by Gasteiger charge is -2.35. The summed E-state index contributed by atoms with van der Waals surface area (Å²) in [5.41, 5.74) is 0.568. The average molecular weight is 292 g/mol. The van der Waals surface area contributed by atoms with Gasteiger partial charge in [-0.1, -0.05) is 17.7 Å². The normalized spacial score (nSPS) is 17.0. The van der Waals surface area contributed by atoms with Crippen LogP contribution in [0.15, 0.2) is 24.3 Å². The van der Waals surface area contributed by atoms with Gasteiger partial charge in [-0.3, -0.25) is 4.90 Å². The predicted octanol–water partition coefficient (Wildman–Crippen LogP) is 1.77. The number of rotatable bonds is 3. The fourth-order valence-corrected chi connectivity index (χ4v) is 2.29. The number of carboxylic acid groups (broad SMARTS) is 1. The number of hydrogen-bond donors (Lipinski definition) is 2. The average Bonchev–Trinajstić information content (AvgIpc) is 2.48. The highest BCUT2D eigenvalue weighted by Gasteiger charge is 2.42. The topological polar surface area (TPSA) is 78.9 Å². The van der Waals surface area contributed by atoms with Gasteiger partial charge in [-0.2, -0.15) is 0 Å². The molecule has 1 aliphatic rings. The Labute approximate surface area is 123 Å². The number of carbonyl (C=O) groups is 2. The van der Waals surface area contributed by atoms with E-state index in [2.05, 4.69) is 5.32 Å². The number of amides is 2. The number of aryl methyl sites for hydroxylation is 1. The van der Waals surface area contributed by atoms with E-state index in [1.807, 2.05) is 31.2 Å². The lowest BCUT2D eigenvalue weighted by Crippen LogP contribution is -2.59. The summed E-state index contributed by atoms with van der Waals surface area (Å²) in [5.74, 6) is -1.02. The summed E-state index contributed by atoms with van der Waals surface area (Å²) in [6, 6.07) is 7.03. The molecule has 0 aliphatic carbocycles. The van der Waals surface area contributed by atoms with Crippen molar-refractivity contribution in [2.75, 3.05) is 25.2 Å². The monoisotopic (exact) mass is 292 g/mol. The maximum atomic E-state index is 12.3. The maximum Gasteiger partial charge on any atom is 0.329 e. The van der Waals surface area contributed by atoms with Crippen molar-refractivity contribution >= 4 is 17.7 Å². The van der Waals surface area contributed by atoms with Crippen LogP contribution in [0.5, 0.6) is 0 Å². The van der Waals surface area contributed by atoms with Gasteiger partial charge in [0.15, 0.2) is 0 Å². The summed E-state index contributed by atoms with van der Waals surface area (Å²) < 4.78 is 5.19. The van der Waals surface area contributed by atoms with Crippen LogP contribution < -0.4 is 10.2 Å². The molecule has 0 spiro atoms. The van der Waals surface area contributed by atoms with Crippen LogP contribution in [0.2, 0.25) is 0 Å². The summed E-state index contributed by atoms with van der Waals surface area (Å²) >= 11 is 0. The number of nitrogens with one attached hydrogen (secondary N) is 1. The van der Waals surface area contributed by atoms with E-state index in [9.17, 15) is 14.7 Å². The van der Waals surface area contributed by atoms with E-state index in [4.69, 9.17) is 4.74 Å². The molecule has 1 aromatic carbocycles. The molecule has 0 unspecified atom stereocenters. The minimum absolute atomic E-state index is 0.274. The van der Waals surface area contributed by atoms with Crippen molar-refractivity contribution in [2.24, 2.45) is 0 Å². The molecule has 1 fully saturated rings. The number of aliphatic carboxylic acids is 1. The molecule has 0 aromatic heterocycles. The largest absolute Gasteiger partial charge is 0.480 e. The van der Waals surface area contributed by atoms with Gasteiger partial charge in [-0.15, -0.1) is 0 Å². The summed E-state index contributed by atoms with van der Waals surface area (Å²) in [4.78, 5) is 25.3. The molecular weight excluding hydrogens is 272 g/mol. The number of carboxylic acids is 1. The first-order chi connectivity index (χ1) is 9.94. The number of carbonyl (C=O) groups excluding carboxylic acids is 1. The Morgan fingerprint density at radius 1 is 1.24 bits per heavy atom.